The fourth-order valence-electron chi connectivity index (χ4n) is 1.95. The number of nitrogens with zero attached hydrogens (tertiary/aromatic N) is 2. The van der Waals surface area contributed by atoms with E-state index in [-0.39, 0.29) is 5.91 Å². The number of carbonyl (C=O) groups is 1. The Morgan fingerprint density at radius 1 is 1.47 bits per heavy atom. The Kier molecular flexibility index (Phi) is 5.19. The molecule has 104 valence electrons. The van der Waals surface area contributed by atoms with E-state index in [0.717, 1.165) is 10.2 Å². The first-order valence-corrected chi connectivity index (χ1v) is 7.27. The predicted molar refractivity (Wildman–Crippen MR) is 80.0 cm³/mol. The molecule has 0 aromatic carbocycles. The Hall–Kier alpha value is -1.28. The quantitative estimate of drug-likeness (QED) is 0.846. The minimum atomic E-state index is -0.590. The molecule has 0 aliphatic rings. The van der Waals surface area contributed by atoms with Gasteiger partial charge in [-0.1, -0.05) is 19.8 Å². The van der Waals surface area contributed by atoms with Crippen molar-refractivity contribution >= 4 is 21.8 Å². The average Bonchev–Trinajstić information content (AvgIpc) is 2.71. The first-order valence-electron chi connectivity index (χ1n) is 6.47. The van der Waals surface area contributed by atoms with Gasteiger partial charge in [-0.2, -0.15) is 5.10 Å². The number of rotatable bonds is 5. The lowest BCUT2D eigenvalue weighted by Gasteiger charge is -2.27. The number of aromatic nitrogens is 2. The van der Waals surface area contributed by atoms with Crippen molar-refractivity contribution in [3.05, 3.63) is 15.9 Å². The van der Waals surface area contributed by atoms with Gasteiger partial charge in [-0.15, -0.1) is 6.42 Å². The molecule has 1 N–H and O–H groups in total. The van der Waals surface area contributed by atoms with Gasteiger partial charge in [0.2, 0.25) is 0 Å². The zero-order chi connectivity index (χ0) is 14.6. The van der Waals surface area contributed by atoms with E-state index in [1.165, 1.54) is 0 Å². The molecule has 0 fully saturated rings. The van der Waals surface area contributed by atoms with Crippen LogP contribution in [0.4, 0.5) is 0 Å². The van der Waals surface area contributed by atoms with Gasteiger partial charge < -0.3 is 5.32 Å². The topological polar surface area (TPSA) is 46.9 Å². The second kappa shape index (κ2) is 6.25. The van der Waals surface area contributed by atoms with Gasteiger partial charge in [-0.3, -0.25) is 9.48 Å². The maximum absolute atomic E-state index is 12.5. The monoisotopic (exact) mass is 325 g/mol. The third kappa shape index (κ3) is 3.01. The van der Waals surface area contributed by atoms with Crippen LogP contribution in [-0.4, -0.2) is 21.2 Å². The van der Waals surface area contributed by atoms with Crippen molar-refractivity contribution < 1.29 is 4.79 Å². The Morgan fingerprint density at radius 2 is 2.05 bits per heavy atom. The van der Waals surface area contributed by atoms with E-state index in [0.29, 0.717) is 25.1 Å². The number of halogens is 1. The molecule has 0 atom stereocenters. The number of nitrogens with one attached hydrogen (secondary N) is 1. The molecule has 1 heterocycles. The highest BCUT2D eigenvalue weighted by atomic mass is 79.9. The molecule has 0 radical (unpaired) electrons. The molecule has 0 spiro atoms. The molecule has 0 unspecified atom stereocenters. The first kappa shape index (κ1) is 15.8. The molecule has 0 aliphatic heterocycles. The van der Waals surface area contributed by atoms with Crippen molar-refractivity contribution in [2.75, 3.05) is 0 Å². The second-order valence-electron chi connectivity index (χ2n) is 4.45. The molecule has 19 heavy (non-hydrogen) atoms. The fraction of sp³-hybridized carbons (Fsp3) is 0.571. The molecule has 0 saturated carbocycles. The average molecular weight is 326 g/mol. The summed E-state index contributed by atoms with van der Waals surface area (Å²) in [6.07, 6.45) is 6.96. The van der Waals surface area contributed by atoms with Crippen molar-refractivity contribution in [3.8, 4) is 12.3 Å². The van der Waals surface area contributed by atoms with Gasteiger partial charge >= 0.3 is 0 Å². The van der Waals surface area contributed by atoms with E-state index in [2.05, 4.69) is 32.3 Å². The Balaban J connectivity index is 3.12. The summed E-state index contributed by atoms with van der Waals surface area (Å²) in [7, 11) is 0. The molecule has 0 saturated heterocycles. The number of amides is 1. The van der Waals surface area contributed by atoms with Crippen molar-refractivity contribution in [2.24, 2.45) is 0 Å². The zero-order valence-electron chi connectivity index (χ0n) is 11.9. The van der Waals surface area contributed by atoms with Crippen LogP contribution in [0.3, 0.4) is 0 Å². The van der Waals surface area contributed by atoms with Crippen LogP contribution in [0.15, 0.2) is 4.47 Å². The first-order chi connectivity index (χ1) is 8.94. The molecule has 1 aromatic rings. The lowest BCUT2D eigenvalue weighted by atomic mass is 9.94. The van der Waals surface area contributed by atoms with Crippen molar-refractivity contribution in [1.29, 1.82) is 0 Å². The summed E-state index contributed by atoms with van der Waals surface area (Å²) in [6.45, 7) is 8.39. The highest BCUT2D eigenvalue weighted by molar-refractivity contribution is 9.10. The second-order valence-corrected chi connectivity index (χ2v) is 5.24. The Labute approximate surface area is 123 Å². The number of carbonyl (C=O) groups excluding carboxylic acids is 1. The number of hydrogen-bond acceptors (Lipinski definition) is 2. The number of hydrogen-bond donors (Lipinski definition) is 1. The van der Waals surface area contributed by atoms with Crippen molar-refractivity contribution in [2.45, 2.75) is 52.6 Å². The maximum Gasteiger partial charge on any atom is 0.271 e. The Morgan fingerprint density at radius 3 is 2.47 bits per heavy atom. The maximum atomic E-state index is 12.5. The summed E-state index contributed by atoms with van der Waals surface area (Å²) in [6, 6.07) is 0. The van der Waals surface area contributed by atoms with Crippen LogP contribution in [0.25, 0.3) is 0 Å². The summed E-state index contributed by atoms with van der Waals surface area (Å²) in [5.41, 5.74) is 0.737. The number of aryl methyl sites for hydroxylation is 2. The van der Waals surface area contributed by atoms with E-state index < -0.39 is 5.54 Å². The minimum Gasteiger partial charge on any atom is -0.334 e. The third-order valence-electron chi connectivity index (χ3n) is 3.41. The van der Waals surface area contributed by atoms with Gasteiger partial charge in [0.05, 0.1) is 10.2 Å². The van der Waals surface area contributed by atoms with Crippen LogP contribution in [0, 0.1) is 19.3 Å². The van der Waals surface area contributed by atoms with Gasteiger partial charge in [0.1, 0.15) is 11.2 Å². The third-order valence-corrected chi connectivity index (χ3v) is 4.35. The van der Waals surface area contributed by atoms with E-state index >= 15 is 0 Å². The van der Waals surface area contributed by atoms with Gasteiger partial charge in [-0.05, 0) is 42.6 Å². The molecule has 1 rings (SSSR count). The zero-order valence-corrected chi connectivity index (χ0v) is 13.5. The van der Waals surface area contributed by atoms with Crippen LogP contribution < -0.4 is 5.32 Å². The fourth-order valence-corrected chi connectivity index (χ4v) is 2.41. The summed E-state index contributed by atoms with van der Waals surface area (Å²) in [5, 5.41) is 7.27. The molecule has 1 amide bonds. The smallest absolute Gasteiger partial charge is 0.271 e. The molecule has 5 heteroatoms. The van der Waals surface area contributed by atoms with Crippen molar-refractivity contribution in [1.82, 2.24) is 15.1 Å². The van der Waals surface area contributed by atoms with Crippen LogP contribution in [-0.2, 0) is 6.54 Å². The van der Waals surface area contributed by atoms with Crippen LogP contribution in [0.2, 0.25) is 0 Å². The lowest BCUT2D eigenvalue weighted by molar-refractivity contribution is 0.0904. The van der Waals surface area contributed by atoms with Gasteiger partial charge in [0.15, 0.2) is 0 Å². The largest absolute Gasteiger partial charge is 0.334 e. The normalized spacial score (nSPS) is 11.2. The summed E-state index contributed by atoms with van der Waals surface area (Å²) >= 11 is 3.42. The summed E-state index contributed by atoms with van der Waals surface area (Å²) < 4.78 is 2.41. The van der Waals surface area contributed by atoms with Gasteiger partial charge in [0, 0.05) is 6.54 Å². The lowest BCUT2D eigenvalue weighted by Crippen LogP contribution is -2.47. The standard InChI is InChI=1S/C14H20BrN3O/c1-6-14(7-2,8-3)16-13(19)12-11(15)10(5)17-18(12)9-4/h1H,7-9H2,2-5H3,(H,16,19). The highest BCUT2D eigenvalue weighted by Gasteiger charge is 2.29. The Bertz CT molecular complexity index is 509. The molecule has 0 bridgehead atoms. The van der Waals surface area contributed by atoms with Gasteiger partial charge in [0.25, 0.3) is 5.91 Å². The molecular formula is C14H20BrN3O. The molecule has 0 aliphatic carbocycles. The van der Waals surface area contributed by atoms with Crippen LogP contribution in [0.1, 0.15) is 49.8 Å². The minimum absolute atomic E-state index is 0.184. The van der Waals surface area contributed by atoms with Gasteiger partial charge in [-0.25, -0.2) is 0 Å². The van der Waals surface area contributed by atoms with E-state index in [9.17, 15) is 4.79 Å². The van der Waals surface area contributed by atoms with E-state index in [4.69, 9.17) is 6.42 Å². The molecule has 1 aromatic heterocycles. The predicted octanol–water partition coefficient (Wildman–Crippen LogP) is 2.90. The van der Waals surface area contributed by atoms with Crippen molar-refractivity contribution in [3.63, 3.8) is 0 Å². The van der Waals surface area contributed by atoms with E-state index in [1.807, 2.05) is 27.7 Å². The highest BCUT2D eigenvalue weighted by Crippen LogP contribution is 2.22. The molecule has 4 nitrogen and oxygen atoms in total. The van der Waals surface area contributed by atoms with Crippen LogP contribution >= 0.6 is 15.9 Å². The molecular weight excluding hydrogens is 306 g/mol. The SMILES string of the molecule is C#CC(CC)(CC)NC(=O)c1c(Br)c(C)nn1CC. The number of terminal acetylenes is 1. The van der Waals surface area contributed by atoms with Crippen LogP contribution in [0.5, 0.6) is 0 Å². The summed E-state index contributed by atoms with van der Waals surface area (Å²) in [4.78, 5) is 12.5. The summed E-state index contributed by atoms with van der Waals surface area (Å²) in [5.74, 6) is 2.52. The van der Waals surface area contributed by atoms with E-state index in [1.54, 1.807) is 4.68 Å².